The van der Waals surface area contributed by atoms with E-state index in [-0.39, 0.29) is 69.2 Å². The van der Waals surface area contributed by atoms with Crippen molar-refractivity contribution in [3.05, 3.63) is 102 Å². The molecule has 2 aliphatic heterocycles. The van der Waals surface area contributed by atoms with Crippen LogP contribution in [0.15, 0.2) is 85.5 Å². The molecule has 0 aliphatic carbocycles. The molecule has 6 rings (SSSR count). The molecular weight excluding hydrogens is 626 g/mol. The predicted molar refractivity (Wildman–Crippen MR) is 180 cm³/mol. The Labute approximate surface area is 283 Å². The van der Waals surface area contributed by atoms with Gasteiger partial charge in [-0.25, -0.2) is 19.5 Å². The van der Waals surface area contributed by atoms with Gasteiger partial charge in [-0.05, 0) is 34.9 Å². The summed E-state index contributed by atoms with van der Waals surface area (Å²) in [6.45, 7) is 4.33. The number of amides is 5. The summed E-state index contributed by atoms with van der Waals surface area (Å²) in [5.41, 5.74) is 3.55. The third kappa shape index (κ3) is 6.94. The number of benzene rings is 3. The van der Waals surface area contributed by atoms with Crippen LogP contribution in [0.5, 0.6) is 5.75 Å². The molecule has 14 nitrogen and oxygen atoms in total. The third-order valence-electron chi connectivity index (χ3n) is 8.79. The Kier molecular flexibility index (Phi) is 9.58. The van der Waals surface area contributed by atoms with E-state index in [1.807, 2.05) is 42.5 Å². The summed E-state index contributed by atoms with van der Waals surface area (Å²) >= 11 is 0. The maximum absolute atomic E-state index is 14.5. The monoisotopic (exact) mass is 665 g/mol. The molecule has 0 saturated carbocycles. The zero-order valence-corrected chi connectivity index (χ0v) is 27.5. The van der Waals surface area contributed by atoms with Crippen molar-refractivity contribution in [2.24, 2.45) is 0 Å². The van der Waals surface area contributed by atoms with Crippen LogP contribution in [-0.2, 0) is 40.4 Å². The van der Waals surface area contributed by atoms with Crippen LogP contribution in [0.3, 0.4) is 0 Å². The Morgan fingerprint density at radius 1 is 1.02 bits per heavy atom. The average Bonchev–Trinajstić information content (AvgIpc) is 3.50. The largest absolute Gasteiger partial charge is 0.508 e. The number of rotatable bonds is 10. The van der Waals surface area contributed by atoms with Gasteiger partial charge >= 0.3 is 6.03 Å². The van der Waals surface area contributed by atoms with Gasteiger partial charge in [0.05, 0.1) is 18.6 Å². The minimum atomic E-state index is -0.941. The first kappa shape index (κ1) is 33.2. The molecule has 0 radical (unpaired) electrons. The van der Waals surface area contributed by atoms with Crippen molar-refractivity contribution in [2.45, 2.75) is 38.3 Å². The molecule has 3 aromatic carbocycles. The molecule has 0 bridgehead atoms. The molecule has 1 aromatic heterocycles. The summed E-state index contributed by atoms with van der Waals surface area (Å²) in [5.74, 6) is -0.665. The van der Waals surface area contributed by atoms with Gasteiger partial charge < -0.3 is 25.1 Å². The van der Waals surface area contributed by atoms with Crippen molar-refractivity contribution in [1.82, 2.24) is 45.0 Å². The number of likely N-dealkylation sites (N-methyl/N-ethyl adjacent to an activating group) is 1. The topological polar surface area (TPSA) is 147 Å². The van der Waals surface area contributed by atoms with Crippen LogP contribution >= 0.6 is 0 Å². The standard InChI is InChI=1S/C35H39N9O5/c1-4-17-41-22-32(47)43-29(18-24-13-15-27(45)16-14-24)34(48)40(21-30(43)44(41)35(49)36-19-25-9-6-5-7-10-25)20-26-11-8-12-28-33(26)42(38-37-28)23-31(46)39(2)3/h4-16,29-30,45H,1,17-23H2,2-3H3,(H,36,49)/t29-,30-/m0/s1. The van der Waals surface area contributed by atoms with Crippen molar-refractivity contribution in [2.75, 3.05) is 33.7 Å². The molecule has 14 heteroatoms. The first-order valence-electron chi connectivity index (χ1n) is 16.0. The van der Waals surface area contributed by atoms with Crippen molar-refractivity contribution >= 4 is 34.8 Å². The number of aromatic nitrogens is 3. The second-order valence-corrected chi connectivity index (χ2v) is 12.3. The van der Waals surface area contributed by atoms with E-state index in [1.54, 1.807) is 48.3 Å². The average molecular weight is 666 g/mol. The van der Waals surface area contributed by atoms with Gasteiger partial charge in [-0.1, -0.05) is 65.9 Å². The number of hydrazine groups is 1. The van der Waals surface area contributed by atoms with E-state index in [4.69, 9.17) is 0 Å². The highest BCUT2D eigenvalue weighted by atomic mass is 16.3. The second-order valence-electron chi connectivity index (χ2n) is 12.3. The third-order valence-corrected chi connectivity index (χ3v) is 8.79. The minimum absolute atomic E-state index is 0.0254. The lowest BCUT2D eigenvalue weighted by molar-refractivity contribution is -0.189. The van der Waals surface area contributed by atoms with Crippen molar-refractivity contribution in [3.63, 3.8) is 0 Å². The summed E-state index contributed by atoms with van der Waals surface area (Å²) in [4.78, 5) is 59.6. The van der Waals surface area contributed by atoms with Crippen molar-refractivity contribution < 1.29 is 24.3 Å². The van der Waals surface area contributed by atoms with Crippen molar-refractivity contribution in [1.29, 1.82) is 0 Å². The lowest BCUT2D eigenvalue weighted by atomic mass is 9.98. The number of piperazine rings is 1. The number of aromatic hydroxyl groups is 1. The number of fused-ring (bicyclic) bond motifs is 2. The predicted octanol–water partition coefficient (Wildman–Crippen LogP) is 1.96. The van der Waals surface area contributed by atoms with Crippen molar-refractivity contribution in [3.8, 4) is 5.75 Å². The number of carbonyl (C=O) groups is 4. The van der Waals surface area contributed by atoms with E-state index < -0.39 is 18.2 Å². The smallest absolute Gasteiger partial charge is 0.334 e. The van der Waals surface area contributed by atoms with Crippen LogP contribution in [0, 0.1) is 0 Å². The zero-order valence-electron chi connectivity index (χ0n) is 27.5. The van der Waals surface area contributed by atoms with Gasteiger partial charge in [-0.15, -0.1) is 11.7 Å². The van der Waals surface area contributed by atoms with Gasteiger partial charge in [0.25, 0.3) is 0 Å². The van der Waals surface area contributed by atoms with Crippen LogP contribution in [-0.4, -0.2) is 115 Å². The molecule has 2 atom stereocenters. The molecule has 2 aliphatic rings. The lowest BCUT2D eigenvalue weighted by Crippen LogP contribution is -2.76. The fourth-order valence-corrected chi connectivity index (χ4v) is 6.37. The SMILES string of the molecule is C=CCN1CC(=O)N2[C@@H](Cc3ccc(O)cc3)C(=O)N(Cc3cccc4nnn(CC(=O)N(C)C)c34)C[C@@H]2N1C(=O)NCc1ccccc1. The van der Waals surface area contributed by atoms with Gasteiger partial charge in [-0.3, -0.25) is 14.4 Å². The highest BCUT2D eigenvalue weighted by molar-refractivity contribution is 5.92. The number of nitrogens with zero attached hydrogens (tertiary/aromatic N) is 8. The van der Waals surface area contributed by atoms with E-state index >= 15 is 0 Å². The molecule has 2 N–H and O–H groups in total. The van der Waals surface area contributed by atoms with Crippen LogP contribution < -0.4 is 5.32 Å². The zero-order chi connectivity index (χ0) is 34.7. The summed E-state index contributed by atoms with van der Waals surface area (Å²) < 4.78 is 1.53. The fraction of sp³-hybridized carbons (Fsp3) is 0.314. The number of hydrogen-bond donors (Lipinski definition) is 2. The molecule has 0 spiro atoms. The second kappa shape index (κ2) is 14.2. The van der Waals surface area contributed by atoms with Gasteiger partial charge in [0.2, 0.25) is 17.7 Å². The van der Waals surface area contributed by atoms with Crippen LogP contribution in [0.1, 0.15) is 16.7 Å². The van der Waals surface area contributed by atoms with E-state index in [0.717, 1.165) is 11.1 Å². The molecule has 2 fully saturated rings. The van der Waals surface area contributed by atoms with Crippen LogP contribution in [0.2, 0.25) is 0 Å². The summed E-state index contributed by atoms with van der Waals surface area (Å²) in [6, 6.07) is 20.1. The molecule has 4 aromatic rings. The Balaban J connectivity index is 1.38. The Morgan fingerprint density at radius 3 is 2.49 bits per heavy atom. The lowest BCUT2D eigenvalue weighted by Gasteiger charge is -2.55. The number of phenols is 1. The molecule has 5 amide bonds. The van der Waals surface area contributed by atoms with Gasteiger partial charge in [0.1, 0.15) is 30.0 Å². The quantitative estimate of drug-likeness (QED) is 0.245. The molecule has 0 unspecified atom stereocenters. The number of hydrogen-bond acceptors (Lipinski definition) is 8. The number of urea groups is 1. The van der Waals surface area contributed by atoms with Crippen LogP contribution in [0.25, 0.3) is 11.0 Å². The number of carbonyl (C=O) groups excluding carboxylic acids is 4. The number of phenolic OH excluding ortho intramolecular Hbond substituents is 1. The van der Waals surface area contributed by atoms with Gasteiger partial charge in [0, 0.05) is 40.2 Å². The summed E-state index contributed by atoms with van der Waals surface area (Å²) in [5, 5.41) is 24.5. The highest BCUT2D eigenvalue weighted by Gasteiger charge is 2.51. The Hall–Kier alpha value is -5.76. The molecule has 3 heterocycles. The summed E-state index contributed by atoms with van der Waals surface area (Å²) in [7, 11) is 3.33. The van der Waals surface area contributed by atoms with E-state index in [2.05, 4.69) is 22.2 Å². The first-order valence-corrected chi connectivity index (χ1v) is 16.0. The molecule has 2 saturated heterocycles. The van der Waals surface area contributed by atoms with E-state index in [1.165, 1.54) is 31.6 Å². The molecular formula is C35H39N9O5. The summed E-state index contributed by atoms with van der Waals surface area (Å²) in [6.07, 6.45) is 0.957. The number of nitrogens with one attached hydrogen (secondary N) is 1. The first-order chi connectivity index (χ1) is 23.6. The van der Waals surface area contributed by atoms with Gasteiger partial charge in [-0.2, -0.15) is 0 Å². The fourth-order valence-electron chi connectivity index (χ4n) is 6.37. The van der Waals surface area contributed by atoms with E-state index in [0.29, 0.717) is 16.6 Å². The number of para-hydroxylation sites is 1. The van der Waals surface area contributed by atoms with Crippen LogP contribution in [0.4, 0.5) is 4.79 Å². The van der Waals surface area contributed by atoms with Gasteiger partial charge in [0.15, 0.2) is 0 Å². The molecule has 254 valence electrons. The maximum Gasteiger partial charge on any atom is 0.334 e. The minimum Gasteiger partial charge on any atom is -0.508 e. The molecule has 49 heavy (non-hydrogen) atoms. The normalized spacial score (nSPS) is 18.0. The van der Waals surface area contributed by atoms with E-state index in [9.17, 15) is 24.3 Å². The Bertz CT molecular complexity index is 1860. The Morgan fingerprint density at radius 2 is 1.78 bits per heavy atom. The maximum atomic E-state index is 14.5. The highest BCUT2D eigenvalue weighted by Crippen LogP contribution is 2.30.